The van der Waals surface area contributed by atoms with Crippen LogP contribution < -0.4 is 10.2 Å². The van der Waals surface area contributed by atoms with Gasteiger partial charge in [0, 0.05) is 46.0 Å². The molecular formula is C22H33IN6. The number of aryl methyl sites for hydroxylation is 1. The molecule has 2 aromatic rings. The molecule has 1 aliphatic heterocycles. The third-order valence-electron chi connectivity index (χ3n) is 5.30. The number of anilines is 1. The first-order valence-electron chi connectivity index (χ1n) is 9.93. The zero-order valence-corrected chi connectivity index (χ0v) is 20.2. The van der Waals surface area contributed by atoms with E-state index in [1.807, 2.05) is 25.4 Å². The normalized spacial score (nSPS) is 15.8. The second-order valence-corrected chi connectivity index (χ2v) is 7.48. The van der Waals surface area contributed by atoms with Gasteiger partial charge in [-0.2, -0.15) is 0 Å². The van der Waals surface area contributed by atoms with Gasteiger partial charge in [-0.3, -0.25) is 4.99 Å². The van der Waals surface area contributed by atoms with E-state index in [0.29, 0.717) is 6.04 Å². The van der Waals surface area contributed by atoms with Gasteiger partial charge in [0.1, 0.15) is 5.82 Å². The number of piperazine rings is 1. The molecule has 0 spiro atoms. The number of hydrogen-bond acceptors (Lipinski definition) is 4. The van der Waals surface area contributed by atoms with Crippen LogP contribution in [-0.2, 0) is 0 Å². The lowest BCUT2D eigenvalue weighted by Crippen LogP contribution is -2.53. The summed E-state index contributed by atoms with van der Waals surface area (Å²) >= 11 is 0. The summed E-state index contributed by atoms with van der Waals surface area (Å²) in [6.45, 7) is 6.72. The molecule has 2 heterocycles. The summed E-state index contributed by atoms with van der Waals surface area (Å²) in [4.78, 5) is 15.9. The standard InChI is InChI=1S/C22H32N6.HI/c1-18-8-10-19(11-9-18)20(26(3)4)17-25-22(23-2)28-15-13-27(14-16-28)21-7-5-6-12-24-21;/h5-12,20H,13-17H2,1-4H3,(H,23,25);1H. The molecule has 1 fully saturated rings. The number of nitrogens with one attached hydrogen (secondary N) is 1. The molecule has 1 aromatic heterocycles. The largest absolute Gasteiger partial charge is 0.354 e. The molecule has 0 amide bonds. The molecular weight excluding hydrogens is 475 g/mol. The van der Waals surface area contributed by atoms with Crippen molar-refractivity contribution in [1.82, 2.24) is 20.1 Å². The van der Waals surface area contributed by atoms with Crippen molar-refractivity contribution in [2.75, 3.05) is 58.8 Å². The molecule has 7 heteroatoms. The van der Waals surface area contributed by atoms with Crippen LogP contribution in [0.5, 0.6) is 0 Å². The van der Waals surface area contributed by atoms with E-state index >= 15 is 0 Å². The Kier molecular flexibility index (Phi) is 9.16. The molecule has 6 nitrogen and oxygen atoms in total. The van der Waals surface area contributed by atoms with E-state index in [1.54, 1.807) is 0 Å². The van der Waals surface area contributed by atoms with Gasteiger partial charge in [-0.1, -0.05) is 35.9 Å². The number of pyridine rings is 1. The minimum absolute atomic E-state index is 0. The Morgan fingerprint density at radius 1 is 1.10 bits per heavy atom. The maximum atomic E-state index is 4.53. The summed E-state index contributed by atoms with van der Waals surface area (Å²) in [5.74, 6) is 2.02. The van der Waals surface area contributed by atoms with Crippen molar-refractivity contribution in [2.45, 2.75) is 13.0 Å². The van der Waals surface area contributed by atoms with Gasteiger partial charge in [0.2, 0.25) is 0 Å². The van der Waals surface area contributed by atoms with E-state index in [-0.39, 0.29) is 24.0 Å². The average molecular weight is 508 g/mol. The van der Waals surface area contributed by atoms with Crippen LogP contribution in [0.2, 0.25) is 0 Å². The van der Waals surface area contributed by atoms with E-state index in [4.69, 9.17) is 0 Å². The van der Waals surface area contributed by atoms with E-state index in [0.717, 1.165) is 44.5 Å². The Labute approximate surface area is 192 Å². The van der Waals surface area contributed by atoms with Crippen LogP contribution in [0, 0.1) is 6.92 Å². The number of rotatable bonds is 5. The molecule has 158 valence electrons. The number of halogens is 1. The number of aliphatic imine (C=N–C) groups is 1. The van der Waals surface area contributed by atoms with Gasteiger partial charge in [-0.25, -0.2) is 4.98 Å². The Hall–Kier alpha value is -1.87. The Bertz CT molecular complexity index is 755. The van der Waals surface area contributed by atoms with Crippen molar-refractivity contribution >= 4 is 35.8 Å². The van der Waals surface area contributed by atoms with Gasteiger partial charge in [0.15, 0.2) is 5.96 Å². The van der Waals surface area contributed by atoms with E-state index in [2.05, 4.69) is 81.3 Å². The first-order chi connectivity index (χ1) is 13.6. The van der Waals surface area contributed by atoms with E-state index < -0.39 is 0 Å². The quantitative estimate of drug-likeness (QED) is 0.383. The highest BCUT2D eigenvalue weighted by Gasteiger charge is 2.22. The number of benzene rings is 1. The fourth-order valence-corrected chi connectivity index (χ4v) is 3.60. The van der Waals surface area contributed by atoms with Gasteiger partial charge in [-0.15, -0.1) is 24.0 Å². The number of hydrogen-bond donors (Lipinski definition) is 1. The summed E-state index contributed by atoms with van der Waals surface area (Å²) in [7, 11) is 6.12. The molecule has 29 heavy (non-hydrogen) atoms. The molecule has 0 radical (unpaired) electrons. The molecule has 1 aromatic carbocycles. The lowest BCUT2D eigenvalue weighted by atomic mass is 10.0. The monoisotopic (exact) mass is 508 g/mol. The molecule has 1 aliphatic rings. The highest BCUT2D eigenvalue weighted by molar-refractivity contribution is 14.0. The fraction of sp³-hybridized carbons (Fsp3) is 0.455. The summed E-state index contributed by atoms with van der Waals surface area (Å²) in [6.07, 6.45) is 1.86. The van der Waals surface area contributed by atoms with E-state index in [1.165, 1.54) is 11.1 Å². The number of aromatic nitrogens is 1. The first kappa shape index (κ1) is 23.4. The number of nitrogens with zero attached hydrogens (tertiary/aromatic N) is 5. The lowest BCUT2D eigenvalue weighted by Gasteiger charge is -2.37. The minimum Gasteiger partial charge on any atom is -0.354 e. The van der Waals surface area contributed by atoms with Gasteiger partial charge in [-0.05, 0) is 38.7 Å². The SMILES string of the molecule is CN=C(NCC(c1ccc(C)cc1)N(C)C)N1CCN(c2ccccn2)CC1.I. The third-order valence-corrected chi connectivity index (χ3v) is 5.30. The molecule has 1 unspecified atom stereocenters. The predicted molar refractivity (Wildman–Crippen MR) is 132 cm³/mol. The van der Waals surface area contributed by atoms with Gasteiger partial charge in [0.25, 0.3) is 0 Å². The van der Waals surface area contributed by atoms with Gasteiger partial charge >= 0.3 is 0 Å². The molecule has 1 atom stereocenters. The summed E-state index contributed by atoms with van der Waals surface area (Å²) in [5.41, 5.74) is 2.61. The molecule has 0 aliphatic carbocycles. The van der Waals surface area contributed by atoms with Crippen LogP contribution >= 0.6 is 24.0 Å². The molecule has 3 rings (SSSR count). The predicted octanol–water partition coefficient (Wildman–Crippen LogP) is 3.01. The van der Waals surface area contributed by atoms with Crippen molar-refractivity contribution in [3.8, 4) is 0 Å². The minimum atomic E-state index is 0. The smallest absolute Gasteiger partial charge is 0.193 e. The summed E-state index contributed by atoms with van der Waals surface area (Å²) < 4.78 is 0. The summed E-state index contributed by atoms with van der Waals surface area (Å²) in [6, 6.07) is 15.2. The first-order valence-corrected chi connectivity index (χ1v) is 9.93. The zero-order valence-electron chi connectivity index (χ0n) is 17.9. The third kappa shape index (κ3) is 6.30. The topological polar surface area (TPSA) is 47.0 Å². The Morgan fingerprint density at radius 3 is 2.34 bits per heavy atom. The van der Waals surface area contributed by atoms with Crippen LogP contribution in [0.1, 0.15) is 17.2 Å². The van der Waals surface area contributed by atoms with Crippen LogP contribution in [0.15, 0.2) is 53.7 Å². The second-order valence-electron chi connectivity index (χ2n) is 7.48. The van der Waals surface area contributed by atoms with Crippen molar-refractivity contribution in [3.63, 3.8) is 0 Å². The van der Waals surface area contributed by atoms with Crippen LogP contribution in [0.25, 0.3) is 0 Å². The van der Waals surface area contributed by atoms with Gasteiger partial charge in [0.05, 0.1) is 6.04 Å². The molecule has 1 N–H and O–H groups in total. The van der Waals surface area contributed by atoms with Crippen LogP contribution in [-0.4, -0.2) is 74.6 Å². The highest BCUT2D eigenvalue weighted by atomic mass is 127. The fourth-order valence-electron chi connectivity index (χ4n) is 3.60. The Morgan fingerprint density at radius 2 is 1.79 bits per heavy atom. The molecule has 0 saturated carbocycles. The van der Waals surface area contributed by atoms with Crippen molar-refractivity contribution in [2.24, 2.45) is 4.99 Å². The van der Waals surface area contributed by atoms with Crippen LogP contribution in [0.3, 0.4) is 0 Å². The number of likely N-dealkylation sites (N-methyl/N-ethyl adjacent to an activating group) is 1. The average Bonchev–Trinajstić information content (AvgIpc) is 2.73. The lowest BCUT2D eigenvalue weighted by molar-refractivity contribution is 0.292. The number of guanidine groups is 1. The highest BCUT2D eigenvalue weighted by Crippen LogP contribution is 2.18. The summed E-state index contributed by atoms with van der Waals surface area (Å²) in [5, 5.41) is 3.59. The van der Waals surface area contributed by atoms with Gasteiger partial charge < -0.3 is 20.0 Å². The molecule has 0 bridgehead atoms. The van der Waals surface area contributed by atoms with Crippen molar-refractivity contribution in [1.29, 1.82) is 0 Å². The maximum Gasteiger partial charge on any atom is 0.193 e. The van der Waals surface area contributed by atoms with Crippen molar-refractivity contribution < 1.29 is 0 Å². The van der Waals surface area contributed by atoms with Crippen molar-refractivity contribution in [3.05, 3.63) is 59.8 Å². The Balaban J connectivity index is 0.00000300. The molecule has 1 saturated heterocycles. The second kappa shape index (κ2) is 11.3. The maximum absolute atomic E-state index is 4.53. The van der Waals surface area contributed by atoms with E-state index in [9.17, 15) is 0 Å². The zero-order chi connectivity index (χ0) is 19.9. The van der Waals surface area contributed by atoms with Crippen LogP contribution in [0.4, 0.5) is 5.82 Å².